The molecule has 0 unspecified atom stereocenters. The second-order valence-electron chi connectivity index (χ2n) is 4.88. The highest BCUT2D eigenvalue weighted by Gasteiger charge is 2.39. The second kappa shape index (κ2) is 3.40. The lowest BCUT2D eigenvalue weighted by atomic mass is 9.59. The van der Waals surface area contributed by atoms with E-state index in [1.54, 1.807) is 0 Å². The van der Waals surface area contributed by atoms with Crippen LogP contribution in [0.3, 0.4) is 0 Å². The van der Waals surface area contributed by atoms with E-state index < -0.39 is 0 Å². The van der Waals surface area contributed by atoms with E-state index in [9.17, 15) is 0 Å². The molecule has 12 heavy (non-hydrogen) atoms. The summed E-state index contributed by atoms with van der Waals surface area (Å²) in [6, 6.07) is 0. The molecule has 0 atom stereocenters. The number of hydrogen-bond acceptors (Lipinski definition) is 0. The van der Waals surface area contributed by atoms with Gasteiger partial charge in [0.05, 0.1) is 0 Å². The van der Waals surface area contributed by atoms with Gasteiger partial charge in [-0.2, -0.15) is 0 Å². The Morgan fingerprint density at radius 1 is 1.17 bits per heavy atom. The standard InChI is InChI=1S/C12H21/c1-2-3-7-12-8-4-11(5-9-12)6-10-12/h3,11H,2,4-10H2,1H3. The van der Waals surface area contributed by atoms with Gasteiger partial charge in [-0.15, -0.1) is 0 Å². The molecule has 0 nitrogen and oxygen atoms in total. The minimum absolute atomic E-state index is 0.782. The van der Waals surface area contributed by atoms with E-state index in [2.05, 4.69) is 13.3 Å². The Morgan fingerprint density at radius 3 is 2.25 bits per heavy atom. The van der Waals surface area contributed by atoms with Crippen molar-refractivity contribution in [1.82, 2.24) is 0 Å². The van der Waals surface area contributed by atoms with E-state index >= 15 is 0 Å². The Hall–Kier alpha value is 0. The summed E-state index contributed by atoms with van der Waals surface area (Å²) in [7, 11) is 0. The summed E-state index contributed by atoms with van der Waals surface area (Å²) in [6.45, 7) is 2.27. The molecule has 0 amide bonds. The zero-order valence-electron chi connectivity index (χ0n) is 8.31. The Bertz CT molecular complexity index is 126. The fourth-order valence-electron chi connectivity index (χ4n) is 3.10. The molecule has 3 fully saturated rings. The van der Waals surface area contributed by atoms with Gasteiger partial charge in [-0.25, -0.2) is 0 Å². The summed E-state index contributed by atoms with van der Waals surface area (Å²) in [5, 5.41) is 0. The molecular weight excluding hydrogens is 144 g/mol. The first-order valence-corrected chi connectivity index (χ1v) is 5.66. The van der Waals surface area contributed by atoms with Gasteiger partial charge in [0.2, 0.25) is 0 Å². The van der Waals surface area contributed by atoms with Gasteiger partial charge in [-0.05, 0) is 62.7 Å². The monoisotopic (exact) mass is 165 g/mol. The normalized spacial score (nSPS) is 40.2. The van der Waals surface area contributed by atoms with Gasteiger partial charge in [-0.3, -0.25) is 0 Å². The molecule has 0 aromatic heterocycles. The van der Waals surface area contributed by atoms with Crippen LogP contribution in [0.1, 0.15) is 58.3 Å². The molecule has 3 aliphatic carbocycles. The zero-order chi connectivity index (χ0) is 8.44. The molecule has 0 aromatic rings. The Balaban J connectivity index is 1.90. The highest BCUT2D eigenvalue weighted by Crippen LogP contribution is 2.52. The molecular formula is C12H21. The van der Waals surface area contributed by atoms with E-state index in [0.717, 1.165) is 11.3 Å². The molecule has 3 saturated carbocycles. The first-order chi connectivity index (χ1) is 5.85. The fraction of sp³-hybridized carbons (Fsp3) is 0.917. The van der Waals surface area contributed by atoms with Crippen molar-refractivity contribution in [2.24, 2.45) is 11.3 Å². The van der Waals surface area contributed by atoms with Crippen LogP contribution in [0.25, 0.3) is 0 Å². The van der Waals surface area contributed by atoms with Gasteiger partial charge in [0.1, 0.15) is 0 Å². The largest absolute Gasteiger partial charge is 0.0651 e. The lowest BCUT2D eigenvalue weighted by molar-refractivity contribution is 0.0638. The van der Waals surface area contributed by atoms with Gasteiger partial charge in [-0.1, -0.05) is 13.3 Å². The van der Waals surface area contributed by atoms with Gasteiger partial charge >= 0.3 is 0 Å². The Labute approximate surface area is 76.7 Å². The topological polar surface area (TPSA) is 0 Å². The number of unbranched alkanes of at least 4 members (excludes halogenated alkanes) is 1. The lowest BCUT2D eigenvalue weighted by Gasteiger charge is -2.46. The summed E-state index contributed by atoms with van der Waals surface area (Å²) >= 11 is 0. The van der Waals surface area contributed by atoms with Crippen molar-refractivity contribution in [1.29, 1.82) is 0 Å². The van der Waals surface area contributed by atoms with Crippen molar-refractivity contribution in [3.8, 4) is 0 Å². The quantitative estimate of drug-likeness (QED) is 0.593. The van der Waals surface area contributed by atoms with Gasteiger partial charge < -0.3 is 0 Å². The molecule has 2 bridgehead atoms. The molecule has 0 aliphatic heterocycles. The van der Waals surface area contributed by atoms with Crippen molar-refractivity contribution >= 4 is 0 Å². The van der Waals surface area contributed by atoms with Crippen LogP contribution in [0.5, 0.6) is 0 Å². The highest BCUT2D eigenvalue weighted by atomic mass is 14.4. The van der Waals surface area contributed by atoms with Crippen LogP contribution in [-0.4, -0.2) is 0 Å². The predicted molar refractivity (Wildman–Crippen MR) is 52.8 cm³/mol. The molecule has 3 rings (SSSR count). The summed E-state index contributed by atoms with van der Waals surface area (Å²) in [4.78, 5) is 0. The maximum absolute atomic E-state index is 2.51. The van der Waals surface area contributed by atoms with Crippen molar-refractivity contribution < 1.29 is 0 Å². The Kier molecular flexibility index (Phi) is 2.43. The third-order valence-corrected chi connectivity index (χ3v) is 4.11. The SMILES string of the molecule is CC[CH]CC12CCC(CC1)CC2. The minimum Gasteiger partial charge on any atom is -0.0651 e. The lowest BCUT2D eigenvalue weighted by Crippen LogP contribution is -2.33. The molecule has 0 saturated heterocycles. The molecule has 3 aliphatic rings. The summed E-state index contributed by atoms with van der Waals surface area (Å²) in [5.74, 6) is 1.12. The van der Waals surface area contributed by atoms with E-state index in [-0.39, 0.29) is 0 Å². The molecule has 1 radical (unpaired) electrons. The number of hydrogen-bond donors (Lipinski definition) is 0. The molecule has 0 spiro atoms. The summed E-state index contributed by atoms with van der Waals surface area (Å²) in [6.07, 6.45) is 14.4. The van der Waals surface area contributed by atoms with Crippen LogP contribution in [0.2, 0.25) is 0 Å². The molecule has 0 heterocycles. The van der Waals surface area contributed by atoms with E-state index in [0.29, 0.717) is 0 Å². The van der Waals surface area contributed by atoms with Gasteiger partial charge in [0.15, 0.2) is 0 Å². The first-order valence-electron chi connectivity index (χ1n) is 5.66. The fourth-order valence-corrected chi connectivity index (χ4v) is 3.10. The van der Waals surface area contributed by atoms with Crippen molar-refractivity contribution in [3.05, 3.63) is 6.42 Å². The van der Waals surface area contributed by atoms with Crippen LogP contribution in [0, 0.1) is 17.8 Å². The van der Waals surface area contributed by atoms with Gasteiger partial charge in [0, 0.05) is 0 Å². The van der Waals surface area contributed by atoms with Crippen LogP contribution < -0.4 is 0 Å². The molecule has 0 N–H and O–H groups in total. The van der Waals surface area contributed by atoms with Crippen molar-refractivity contribution in [3.63, 3.8) is 0 Å². The minimum atomic E-state index is 0.782. The maximum atomic E-state index is 2.51. The van der Waals surface area contributed by atoms with E-state index in [4.69, 9.17) is 0 Å². The number of fused-ring (bicyclic) bond motifs is 3. The maximum Gasteiger partial charge on any atom is -0.0294 e. The average molecular weight is 165 g/mol. The van der Waals surface area contributed by atoms with Crippen molar-refractivity contribution in [2.75, 3.05) is 0 Å². The molecule has 0 aromatic carbocycles. The van der Waals surface area contributed by atoms with E-state index in [1.807, 2.05) is 0 Å². The van der Waals surface area contributed by atoms with E-state index in [1.165, 1.54) is 51.4 Å². The first kappa shape index (κ1) is 8.59. The molecule has 69 valence electrons. The van der Waals surface area contributed by atoms with Gasteiger partial charge in [0.25, 0.3) is 0 Å². The summed E-state index contributed by atoms with van der Waals surface area (Å²) < 4.78 is 0. The Morgan fingerprint density at radius 2 is 1.75 bits per heavy atom. The predicted octanol–water partition coefficient (Wildman–Crippen LogP) is 3.96. The number of rotatable bonds is 3. The zero-order valence-corrected chi connectivity index (χ0v) is 8.31. The van der Waals surface area contributed by atoms with Crippen LogP contribution in [0.15, 0.2) is 0 Å². The van der Waals surface area contributed by atoms with Crippen molar-refractivity contribution in [2.45, 2.75) is 58.3 Å². The second-order valence-corrected chi connectivity index (χ2v) is 4.88. The molecule has 0 heteroatoms. The third kappa shape index (κ3) is 1.53. The third-order valence-electron chi connectivity index (χ3n) is 4.11. The van der Waals surface area contributed by atoms with Crippen LogP contribution >= 0.6 is 0 Å². The van der Waals surface area contributed by atoms with Crippen LogP contribution in [0.4, 0.5) is 0 Å². The average Bonchev–Trinajstić information content (AvgIpc) is 2.18. The van der Waals surface area contributed by atoms with Crippen LogP contribution in [-0.2, 0) is 0 Å². The highest BCUT2D eigenvalue weighted by molar-refractivity contribution is 4.94. The smallest absolute Gasteiger partial charge is 0.0294 e. The summed E-state index contributed by atoms with van der Waals surface area (Å²) in [5.41, 5.74) is 0.782.